The van der Waals surface area contributed by atoms with Crippen LogP contribution in [0.15, 0.2) is 9.79 Å². The standard InChI is InChI=1S/C20H13F8NO3S2/c21-10-8-9-12(23)16(27)19(17(28)13(9)24)34-5-20(29,3-6(30)1-2-7(31)32)4-33-18(14(10)25)15(26)11(8)22/h1-5,29H2,(H,31,32). The lowest BCUT2D eigenvalue weighted by atomic mass is 9.96. The molecule has 3 heterocycles. The lowest BCUT2D eigenvalue weighted by Gasteiger charge is -2.28. The second-order valence-electron chi connectivity index (χ2n) is 7.47. The Morgan fingerprint density at radius 2 is 1.06 bits per heavy atom. The minimum Gasteiger partial charge on any atom is -0.481 e. The van der Waals surface area contributed by atoms with Gasteiger partial charge in [0.1, 0.15) is 5.78 Å². The van der Waals surface area contributed by atoms with Crippen molar-refractivity contribution in [1.82, 2.24) is 0 Å². The van der Waals surface area contributed by atoms with Gasteiger partial charge in [0.25, 0.3) is 0 Å². The number of fused-ring (bicyclic) bond motifs is 2. The number of carbonyl (C=O) groups is 2. The highest BCUT2D eigenvalue weighted by atomic mass is 32.2. The minimum atomic E-state index is -2.29. The van der Waals surface area contributed by atoms with Crippen LogP contribution in [0, 0.1) is 46.5 Å². The smallest absolute Gasteiger partial charge is 0.303 e. The third-order valence-electron chi connectivity index (χ3n) is 4.87. The molecule has 0 aliphatic carbocycles. The van der Waals surface area contributed by atoms with Gasteiger partial charge in [-0.15, -0.1) is 23.5 Å². The molecular weight excluding hydrogens is 518 g/mol. The second kappa shape index (κ2) is 9.74. The Balaban J connectivity index is 2.23. The Hall–Kier alpha value is -2.32. The summed E-state index contributed by atoms with van der Waals surface area (Å²) in [7, 11) is 0. The average molecular weight is 531 g/mol. The molecule has 34 heavy (non-hydrogen) atoms. The van der Waals surface area contributed by atoms with E-state index in [0.29, 0.717) is 0 Å². The number of hydrogen-bond donors (Lipinski definition) is 2. The summed E-state index contributed by atoms with van der Waals surface area (Å²) >= 11 is 0.268. The van der Waals surface area contributed by atoms with E-state index in [1.54, 1.807) is 0 Å². The molecule has 3 aliphatic heterocycles. The largest absolute Gasteiger partial charge is 0.481 e. The number of carboxylic acid groups (broad SMARTS) is 1. The number of aliphatic carboxylic acids is 1. The molecule has 14 heteroatoms. The Bertz CT molecular complexity index is 1080. The molecule has 5 rings (SSSR count). The summed E-state index contributed by atoms with van der Waals surface area (Å²) in [5.74, 6) is -20.9. The first-order chi connectivity index (χ1) is 15.8. The summed E-state index contributed by atoms with van der Waals surface area (Å²) < 4.78 is 117. The van der Waals surface area contributed by atoms with Gasteiger partial charge in [0, 0.05) is 29.9 Å². The zero-order valence-electron chi connectivity index (χ0n) is 16.7. The number of hydrogen-bond acceptors (Lipinski definition) is 5. The van der Waals surface area contributed by atoms with Crippen LogP contribution in [0.2, 0.25) is 0 Å². The summed E-state index contributed by atoms with van der Waals surface area (Å²) in [5.41, 5.74) is 0.261. The summed E-state index contributed by atoms with van der Waals surface area (Å²) in [6, 6.07) is 0. The van der Waals surface area contributed by atoms with E-state index >= 15 is 0 Å². The van der Waals surface area contributed by atoms with Crippen molar-refractivity contribution in [2.75, 3.05) is 11.5 Å². The van der Waals surface area contributed by atoms with Crippen molar-refractivity contribution in [3.63, 3.8) is 0 Å². The van der Waals surface area contributed by atoms with E-state index in [1.807, 2.05) is 0 Å². The van der Waals surface area contributed by atoms with Crippen molar-refractivity contribution in [2.24, 2.45) is 5.73 Å². The number of rotatable bonds is 5. The van der Waals surface area contributed by atoms with Gasteiger partial charge in [-0.25, -0.2) is 35.1 Å². The van der Waals surface area contributed by atoms with Gasteiger partial charge in [-0.05, 0) is 0 Å². The fraction of sp³-hybridized carbons (Fsp3) is 0.300. The zero-order chi connectivity index (χ0) is 25.5. The lowest BCUT2D eigenvalue weighted by Crippen LogP contribution is -2.47. The normalized spacial score (nSPS) is 15.1. The minimum absolute atomic E-state index is 0.134. The Kier molecular flexibility index (Phi) is 7.53. The molecule has 0 radical (unpaired) electrons. The highest BCUT2D eigenvalue weighted by Crippen LogP contribution is 2.44. The maximum absolute atomic E-state index is 14.6. The predicted molar refractivity (Wildman–Crippen MR) is 106 cm³/mol. The molecule has 0 amide bonds. The van der Waals surface area contributed by atoms with E-state index in [2.05, 4.69) is 0 Å². The lowest BCUT2D eigenvalue weighted by molar-refractivity contribution is -0.138. The third-order valence-corrected chi connectivity index (χ3v) is 7.60. The Labute approximate surface area is 194 Å². The van der Waals surface area contributed by atoms with Crippen LogP contribution in [0.3, 0.4) is 0 Å². The van der Waals surface area contributed by atoms with Gasteiger partial charge in [-0.3, -0.25) is 9.59 Å². The van der Waals surface area contributed by atoms with Gasteiger partial charge in [0.2, 0.25) is 0 Å². The van der Waals surface area contributed by atoms with E-state index in [4.69, 9.17) is 10.8 Å². The summed E-state index contributed by atoms with van der Waals surface area (Å²) in [4.78, 5) is 20.3. The quantitative estimate of drug-likeness (QED) is 0.409. The first-order valence-corrected chi connectivity index (χ1v) is 11.3. The van der Waals surface area contributed by atoms with Crippen LogP contribution in [-0.2, 0) is 9.59 Å². The molecule has 0 fully saturated rings. The van der Waals surface area contributed by atoms with E-state index < -0.39 is 116 Å². The van der Waals surface area contributed by atoms with E-state index in [9.17, 15) is 44.7 Å². The Morgan fingerprint density at radius 1 is 0.706 bits per heavy atom. The molecule has 0 saturated heterocycles. The van der Waals surface area contributed by atoms with Gasteiger partial charge in [-0.1, -0.05) is 0 Å². The fourth-order valence-electron chi connectivity index (χ4n) is 3.22. The molecule has 0 atom stereocenters. The number of carbonyl (C=O) groups excluding carboxylic acids is 1. The van der Waals surface area contributed by atoms with Gasteiger partial charge in [-0.2, -0.15) is 0 Å². The van der Waals surface area contributed by atoms with Crippen molar-refractivity contribution in [1.29, 1.82) is 0 Å². The van der Waals surface area contributed by atoms with E-state index in [-0.39, 0.29) is 23.5 Å². The molecule has 0 aromatic heterocycles. The van der Waals surface area contributed by atoms with Crippen LogP contribution in [0.5, 0.6) is 0 Å². The SMILES string of the molecule is NC1(CC(=O)CCC(=O)O)CSc2c(F)c(F)c(c(F)c2F)-c2c(F)c(F)c(c(F)c2F)SC1. The number of Topliss-reactive ketones (excluding diaryl/α,β-unsaturated/α-hetero) is 1. The van der Waals surface area contributed by atoms with Crippen molar-refractivity contribution in [3.05, 3.63) is 46.5 Å². The molecular formula is C20H13F8NO3S2. The monoisotopic (exact) mass is 531 g/mol. The van der Waals surface area contributed by atoms with Crippen LogP contribution in [0.25, 0.3) is 11.1 Å². The number of ketones is 1. The van der Waals surface area contributed by atoms with Gasteiger partial charge >= 0.3 is 5.97 Å². The maximum Gasteiger partial charge on any atom is 0.303 e. The molecule has 0 unspecified atom stereocenters. The fourth-order valence-corrected chi connectivity index (χ4v) is 5.48. The van der Waals surface area contributed by atoms with E-state index in [0.717, 1.165) is 0 Å². The van der Waals surface area contributed by atoms with Crippen molar-refractivity contribution in [2.45, 2.75) is 34.6 Å². The number of thioether (sulfide) groups is 2. The predicted octanol–water partition coefficient (Wildman–Crippen LogP) is 5.19. The molecule has 4 bridgehead atoms. The second-order valence-corrected chi connectivity index (χ2v) is 9.44. The first kappa shape index (κ1) is 26.3. The summed E-state index contributed by atoms with van der Waals surface area (Å²) in [6.07, 6.45) is -1.78. The molecule has 4 nitrogen and oxygen atoms in total. The zero-order valence-corrected chi connectivity index (χ0v) is 18.3. The van der Waals surface area contributed by atoms with Crippen molar-refractivity contribution >= 4 is 35.3 Å². The summed E-state index contributed by atoms with van der Waals surface area (Å²) in [6.45, 7) is 0. The van der Waals surface area contributed by atoms with Crippen molar-refractivity contribution < 1.29 is 49.8 Å². The molecule has 2 aromatic carbocycles. The van der Waals surface area contributed by atoms with Crippen LogP contribution in [-0.4, -0.2) is 33.9 Å². The highest BCUT2D eigenvalue weighted by Gasteiger charge is 2.38. The van der Waals surface area contributed by atoms with Crippen LogP contribution < -0.4 is 5.73 Å². The number of carboxylic acids is 1. The molecule has 184 valence electrons. The number of benzene rings is 2. The van der Waals surface area contributed by atoms with Crippen LogP contribution in [0.4, 0.5) is 35.1 Å². The molecule has 0 saturated carbocycles. The summed E-state index contributed by atoms with van der Waals surface area (Å²) in [5, 5.41) is 8.69. The molecule has 2 aromatic rings. The molecule has 3 aliphatic rings. The number of nitrogens with two attached hydrogens (primary N) is 1. The third kappa shape index (κ3) is 4.75. The first-order valence-electron chi connectivity index (χ1n) is 9.29. The van der Waals surface area contributed by atoms with Crippen LogP contribution in [0.1, 0.15) is 19.3 Å². The van der Waals surface area contributed by atoms with Gasteiger partial charge < -0.3 is 10.8 Å². The molecule has 0 spiro atoms. The number of halogens is 8. The van der Waals surface area contributed by atoms with Crippen molar-refractivity contribution in [3.8, 4) is 11.1 Å². The maximum atomic E-state index is 14.6. The van der Waals surface area contributed by atoms with E-state index in [1.165, 1.54) is 0 Å². The van der Waals surface area contributed by atoms with Gasteiger partial charge in [0.05, 0.1) is 27.3 Å². The topological polar surface area (TPSA) is 80.4 Å². The Morgan fingerprint density at radius 3 is 1.38 bits per heavy atom. The highest BCUT2D eigenvalue weighted by molar-refractivity contribution is 8.00. The molecule has 3 N–H and O–H groups in total. The van der Waals surface area contributed by atoms with Crippen LogP contribution >= 0.6 is 23.5 Å². The average Bonchev–Trinajstić information content (AvgIpc) is 2.77. The van der Waals surface area contributed by atoms with Gasteiger partial charge in [0.15, 0.2) is 46.5 Å².